The molecule has 2 heteroatoms. The molecule has 0 aliphatic rings. The lowest BCUT2D eigenvalue weighted by atomic mass is 10.2. The van der Waals surface area contributed by atoms with Crippen molar-refractivity contribution >= 4 is 9.76 Å². The van der Waals surface area contributed by atoms with Gasteiger partial charge in [0.2, 0.25) is 0 Å². The quantitative estimate of drug-likeness (QED) is 0.406. The van der Waals surface area contributed by atoms with Crippen LogP contribution in [0.15, 0.2) is 0 Å². The summed E-state index contributed by atoms with van der Waals surface area (Å²) in [4.78, 5) is 0. The molecular formula is C9H22OSi. The van der Waals surface area contributed by atoms with Gasteiger partial charge in [0.05, 0.1) is 0 Å². The molecule has 11 heavy (non-hydrogen) atoms. The largest absolute Gasteiger partial charge is 0.424 e. The molecule has 0 atom stereocenters. The summed E-state index contributed by atoms with van der Waals surface area (Å²) >= 11 is 0. The van der Waals surface area contributed by atoms with E-state index in [9.17, 15) is 0 Å². The number of rotatable bonds is 8. The third kappa shape index (κ3) is 10.2. The molecule has 0 saturated carbocycles. The second kappa shape index (κ2) is 10.2. The molecule has 0 radical (unpaired) electrons. The first-order valence-electron chi connectivity index (χ1n) is 4.99. The van der Waals surface area contributed by atoms with Gasteiger partial charge in [-0.05, 0) is 12.5 Å². The van der Waals surface area contributed by atoms with Crippen LogP contribution in [0.5, 0.6) is 0 Å². The highest BCUT2D eigenvalue weighted by atomic mass is 28.2. The van der Waals surface area contributed by atoms with Crippen LogP contribution in [0, 0.1) is 0 Å². The standard InChI is InChI=1S/C9H22OSi/c1-3-5-6-7-9-11-10-8-4-2/h3-9,11H2,1-2H3. The van der Waals surface area contributed by atoms with E-state index in [0.29, 0.717) is 0 Å². The Kier molecular flexibility index (Phi) is 10.3. The van der Waals surface area contributed by atoms with Gasteiger partial charge in [-0.2, -0.15) is 0 Å². The number of hydrogen-bond acceptors (Lipinski definition) is 1. The Morgan fingerprint density at radius 2 is 1.82 bits per heavy atom. The molecule has 0 amide bonds. The molecule has 0 aromatic heterocycles. The minimum Gasteiger partial charge on any atom is -0.424 e. The molecule has 0 unspecified atom stereocenters. The summed E-state index contributed by atoms with van der Waals surface area (Å²) in [6.07, 6.45) is 6.75. The van der Waals surface area contributed by atoms with E-state index in [0.717, 1.165) is 6.61 Å². The molecule has 0 bridgehead atoms. The van der Waals surface area contributed by atoms with Crippen LogP contribution < -0.4 is 0 Å². The molecule has 1 nitrogen and oxygen atoms in total. The maximum absolute atomic E-state index is 5.50. The summed E-state index contributed by atoms with van der Waals surface area (Å²) in [7, 11) is -0.128. The predicted octanol–water partition coefficient (Wildman–Crippen LogP) is 2.50. The van der Waals surface area contributed by atoms with Crippen molar-refractivity contribution in [3.05, 3.63) is 0 Å². The highest BCUT2D eigenvalue weighted by molar-refractivity contribution is 6.26. The van der Waals surface area contributed by atoms with E-state index in [1.165, 1.54) is 38.1 Å². The van der Waals surface area contributed by atoms with E-state index in [4.69, 9.17) is 4.43 Å². The summed E-state index contributed by atoms with van der Waals surface area (Å²) in [6, 6.07) is 1.39. The van der Waals surface area contributed by atoms with E-state index in [2.05, 4.69) is 13.8 Å². The van der Waals surface area contributed by atoms with Gasteiger partial charge in [-0.15, -0.1) is 0 Å². The summed E-state index contributed by atoms with van der Waals surface area (Å²) < 4.78 is 5.50. The van der Waals surface area contributed by atoms with E-state index >= 15 is 0 Å². The molecular weight excluding hydrogens is 152 g/mol. The fourth-order valence-corrected chi connectivity index (χ4v) is 2.31. The van der Waals surface area contributed by atoms with E-state index < -0.39 is 0 Å². The second-order valence-corrected chi connectivity index (χ2v) is 4.55. The fraction of sp³-hybridized carbons (Fsp3) is 1.00. The SMILES string of the molecule is CCCCCC[SiH2]OCCC. The zero-order valence-corrected chi connectivity index (χ0v) is 9.48. The topological polar surface area (TPSA) is 9.23 Å². The lowest BCUT2D eigenvalue weighted by Crippen LogP contribution is -1.98. The lowest BCUT2D eigenvalue weighted by molar-refractivity contribution is 0.334. The summed E-state index contributed by atoms with van der Waals surface area (Å²) in [5.41, 5.74) is 0. The Hall–Kier alpha value is 0.177. The molecule has 0 fully saturated rings. The van der Waals surface area contributed by atoms with Gasteiger partial charge >= 0.3 is 0 Å². The summed E-state index contributed by atoms with van der Waals surface area (Å²) in [5.74, 6) is 0. The van der Waals surface area contributed by atoms with Crippen molar-refractivity contribution in [3.63, 3.8) is 0 Å². The van der Waals surface area contributed by atoms with Gasteiger partial charge in [0.25, 0.3) is 0 Å². The predicted molar refractivity (Wildman–Crippen MR) is 53.7 cm³/mol. The first-order chi connectivity index (χ1) is 5.41. The van der Waals surface area contributed by atoms with E-state index in [-0.39, 0.29) is 9.76 Å². The second-order valence-electron chi connectivity index (χ2n) is 3.03. The van der Waals surface area contributed by atoms with Crippen molar-refractivity contribution in [1.82, 2.24) is 0 Å². The van der Waals surface area contributed by atoms with Crippen LogP contribution >= 0.6 is 0 Å². The third-order valence-corrected chi connectivity index (χ3v) is 3.11. The van der Waals surface area contributed by atoms with Gasteiger partial charge in [-0.1, -0.05) is 39.5 Å². The molecule has 0 aliphatic carbocycles. The zero-order chi connectivity index (χ0) is 8.36. The minimum absolute atomic E-state index is 0.128. The molecule has 68 valence electrons. The van der Waals surface area contributed by atoms with Gasteiger partial charge in [0.15, 0.2) is 9.76 Å². The first kappa shape index (κ1) is 11.2. The van der Waals surface area contributed by atoms with E-state index in [1.807, 2.05) is 0 Å². The van der Waals surface area contributed by atoms with Crippen LogP contribution in [0.3, 0.4) is 0 Å². The van der Waals surface area contributed by atoms with Crippen molar-refractivity contribution in [2.24, 2.45) is 0 Å². The minimum atomic E-state index is -0.128. The smallest absolute Gasteiger partial charge is 0.161 e. The summed E-state index contributed by atoms with van der Waals surface area (Å²) in [6.45, 7) is 5.43. The van der Waals surface area contributed by atoms with Crippen LogP contribution in [0.1, 0.15) is 46.0 Å². The lowest BCUT2D eigenvalue weighted by Gasteiger charge is -2.00. The van der Waals surface area contributed by atoms with Gasteiger partial charge in [0, 0.05) is 6.61 Å². The molecule has 0 rings (SSSR count). The number of hydrogen-bond donors (Lipinski definition) is 0. The molecule has 0 aliphatic heterocycles. The Morgan fingerprint density at radius 1 is 1.00 bits per heavy atom. The molecule has 0 saturated heterocycles. The van der Waals surface area contributed by atoms with Crippen molar-refractivity contribution in [3.8, 4) is 0 Å². The van der Waals surface area contributed by atoms with Crippen LogP contribution in [0.25, 0.3) is 0 Å². The fourth-order valence-electron chi connectivity index (χ4n) is 1.05. The average Bonchev–Trinajstić information content (AvgIpc) is 2.03. The highest BCUT2D eigenvalue weighted by Gasteiger charge is 1.89. The van der Waals surface area contributed by atoms with Crippen molar-refractivity contribution in [2.45, 2.75) is 52.0 Å². The average molecular weight is 174 g/mol. The van der Waals surface area contributed by atoms with Crippen LogP contribution in [-0.4, -0.2) is 16.4 Å². The van der Waals surface area contributed by atoms with Crippen LogP contribution in [-0.2, 0) is 4.43 Å². The Labute approximate surface area is 73.5 Å². The number of unbranched alkanes of at least 4 members (excludes halogenated alkanes) is 3. The van der Waals surface area contributed by atoms with Crippen LogP contribution in [0.4, 0.5) is 0 Å². The van der Waals surface area contributed by atoms with Gasteiger partial charge in [-0.25, -0.2) is 0 Å². The molecule has 0 N–H and O–H groups in total. The maximum Gasteiger partial charge on any atom is 0.161 e. The monoisotopic (exact) mass is 174 g/mol. The third-order valence-electron chi connectivity index (χ3n) is 1.74. The van der Waals surface area contributed by atoms with E-state index in [1.54, 1.807) is 0 Å². The first-order valence-corrected chi connectivity index (χ1v) is 6.57. The van der Waals surface area contributed by atoms with Gasteiger partial charge in [0.1, 0.15) is 0 Å². The highest BCUT2D eigenvalue weighted by Crippen LogP contribution is 2.02. The molecule has 0 heterocycles. The van der Waals surface area contributed by atoms with Crippen molar-refractivity contribution < 1.29 is 4.43 Å². The van der Waals surface area contributed by atoms with Crippen molar-refractivity contribution in [2.75, 3.05) is 6.61 Å². The summed E-state index contributed by atoms with van der Waals surface area (Å²) in [5, 5.41) is 0. The zero-order valence-electron chi connectivity index (χ0n) is 8.07. The van der Waals surface area contributed by atoms with Gasteiger partial charge in [-0.3, -0.25) is 0 Å². The molecule has 0 spiro atoms. The molecule has 0 aromatic carbocycles. The normalized spacial score (nSPS) is 11.5. The van der Waals surface area contributed by atoms with Gasteiger partial charge < -0.3 is 4.43 Å². The van der Waals surface area contributed by atoms with Crippen LogP contribution in [0.2, 0.25) is 6.04 Å². The van der Waals surface area contributed by atoms with Crippen molar-refractivity contribution in [1.29, 1.82) is 0 Å². The molecule has 0 aromatic rings. The maximum atomic E-state index is 5.50. The Bertz CT molecular complexity index is 58.6. The Balaban J connectivity index is 2.69. The Morgan fingerprint density at radius 3 is 2.45 bits per heavy atom.